The third kappa shape index (κ3) is 3.16. The van der Waals surface area contributed by atoms with Gasteiger partial charge in [0.2, 0.25) is 0 Å². The van der Waals surface area contributed by atoms with Crippen molar-refractivity contribution in [3.63, 3.8) is 0 Å². The lowest BCUT2D eigenvalue weighted by atomic mass is 10.2. The van der Waals surface area contributed by atoms with Gasteiger partial charge in [0, 0.05) is 0 Å². The Kier molecular flexibility index (Phi) is 4.87. The molecule has 0 N–H and O–H groups in total. The maximum Gasteiger partial charge on any atom is 0.296 e. The topological polar surface area (TPSA) is 38.8 Å². The summed E-state index contributed by atoms with van der Waals surface area (Å²) in [5, 5.41) is -0.0991. The minimum atomic E-state index is -0.0991. The van der Waals surface area contributed by atoms with E-state index in [4.69, 9.17) is 21.7 Å². The normalized spacial score (nSPS) is 15.9. The van der Waals surface area contributed by atoms with E-state index < -0.39 is 0 Å². The molecule has 2 aromatic rings. The van der Waals surface area contributed by atoms with Crippen LogP contribution in [0.15, 0.2) is 53.4 Å². The summed E-state index contributed by atoms with van der Waals surface area (Å²) in [6.07, 6.45) is 1.88. The second-order valence-electron chi connectivity index (χ2n) is 4.97. The van der Waals surface area contributed by atoms with Gasteiger partial charge in [-0.3, -0.25) is 9.69 Å². The first-order valence-corrected chi connectivity index (χ1v) is 8.41. The minimum Gasteiger partial charge on any atom is -0.493 e. The predicted octanol–water partition coefficient (Wildman–Crippen LogP) is 4.75. The lowest BCUT2D eigenvalue weighted by Gasteiger charge is -2.14. The predicted molar refractivity (Wildman–Crippen MR) is 102 cm³/mol. The number of ether oxygens (including phenoxy) is 2. The fourth-order valence-corrected chi connectivity index (χ4v) is 3.64. The number of thiocarbonyl (C=S) groups is 1. The fraction of sp³-hybridized carbons (Fsp3) is 0.111. The molecule has 4 nitrogen and oxygen atoms in total. The average Bonchev–Trinajstić information content (AvgIpc) is 2.89. The highest BCUT2D eigenvalue weighted by Crippen LogP contribution is 2.37. The largest absolute Gasteiger partial charge is 0.493 e. The van der Waals surface area contributed by atoms with Gasteiger partial charge in [-0.05, 0) is 47.7 Å². The lowest BCUT2D eigenvalue weighted by Crippen LogP contribution is -2.26. The number of rotatable bonds is 4. The summed E-state index contributed by atoms with van der Waals surface area (Å²) >= 11 is 6.62. The maximum absolute atomic E-state index is 12.3. The number of hydrogen-bond donors (Lipinski definition) is 0. The molecule has 0 atom stereocenters. The number of para-hydroxylation sites is 1. The zero-order valence-corrected chi connectivity index (χ0v) is 14.8. The van der Waals surface area contributed by atoms with Crippen LogP contribution in [0.25, 0.3) is 6.08 Å². The smallest absolute Gasteiger partial charge is 0.296 e. The van der Waals surface area contributed by atoms with Gasteiger partial charge in [0.1, 0.15) is 4.99 Å². The molecule has 1 heterocycles. The van der Waals surface area contributed by atoms with E-state index in [1.165, 1.54) is 0 Å². The molecule has 1 aliphatic heterocycles. The summed E-state index contributed by atoms with van der Waals surface area (Å²) in [6.45, 7) is 0. The van der Waals surface area contributed by atoms with Crippen LogP contribution in [0.5, 0.6) is 11.5 Å². The van der Waals surface area contributed by atoms with Crippen molar-refractivity contribution in [2.24, 2.45) is 0 Å². The van der Waals surface area contributed by atoms with E-state index in [0.717, 1.165) is 27.9 Å². The molecule has 24 heavy (non-hydrogen) atoms. The van der Waals surface area contributed by atoms with Gasteiger partial charge in [-0.1, -0.05) is 36.5 Å². The molecule has 1 aliphatic rings. The molecule has 0 radical (unpaired) electrons. The van der Waals surface area contributed by atoms with Gasteiger partial charge in [0.05, 0.1) is 24.8 Å². The average molecular weight is 357 g/mol. The zero-order valence-electron chi connectivity index (χ0n) is 13.2. The van der Waals surface area contributed by atoms with E-state index in [2.05, 4.69) is 0 Å². The molecule has 0 spiro atoms. The molecule has 0 saturated carbocycles. The molecule has 1 amide bonds. The summed E-state index contributed by atoms with van der Waals surface area (Å²) in [6, 6.07) is 15.0. The maximum atomic E-state index is 12.3. The highest BCUT2D eigenvalue weighted by Gasteiger charge is 2.32. The molecule has 3 rings (SSSR count). The Morgan fingerprint density at radius 1 is 1.04 bits per heavy atom. The number of nitrogens with zero attached hydrogens (tertiary/aromatic N) is 1. The molecule has 0 bridgehead atoms. The number of methoxy groups -OCH3 is 2. The molecule has 2 aromatic carbocycles. The highest BCUT2D eigenvalue weighted by atomic mass is 32.2. The molecule has 1 saturated heterocycles. The molecule has 0 aliphatic carbocycles. The second-order valence-corrected chi connectivity index (χ2v) is 6.35. The van der Waals surface area contributed by atoms with Crippen molar-refractivity contribution in [2.75, 3.05) is 19.1 Å². The van der Waals surface area contributed by atoms with Crippen molar-refractivity contribution in [1.29, 1.82) is 0 Å². The van der Waals surface area contributed by atoms with Crippen molar-refractivity contribution in [1.82, 2.24) is 0 Å². The fourth-order valence-electron chi connectivity index (χ4n) is 2.36. The van der Waals surface area contributed by atoms with Crippen LogP contribution < -0.4 is 14.4 Å². The van der Waals surface area contributed by atoms with Crippen LogP contribution in [0.3, 0.4) is 0 Å². The molecule has 1 fully saturated rings. The highest BCUT2D eigenvalue weighted by molar-refractivity contribution is 8.20. The molecule has 122 valence electrons. The lowest BCUT2D eigenvalue weighted by molar-refractivity contribution is 0.268. The molecule has 0 unspecified atom stereocenters. The molecular weight excluding hydrogens is 342 g/mol. The van der Waals surface area contributed by atoms with Crippen LogP contribution in [-0.2, 0) is 0 Å². The molecular formula is C18H15NO3S2. The monoisotopic (exact) mass is 357 g/mol. The van der Waals surface area contributed by atoms with E-state index in [1.54, 1.807) is 19.1 Å². The van der Waals surface area contributed by atoms with Crippen molar-refractivity contribution in [3.05, 3.63) is 59.0 Å². The Bertz CT molecular complexity index is 818. The van der Waals surface area contributed by atoms with Crippen LogP contribution >= 0.6 is 24.0 Å². The van der Waals surface area contributed by atoms with E-state index in [-0.39, 0.29) is 5.24 Å². The van der Waals surface area contributed by atoms with Crippen LogP contribution in [-0.4, -0.2) is 24.4 Å². The first-order valence-electron chi connectivity index (χ1n) is 7.19. The van der Waals surface area contributed by atoms with Crippen molar-refractivity contribution >= 4 is 46.0 Å². The third-order valence-electron chi connectivity index (χ3n) is 3.51. The number of carbonyl (C=O) groups excluding carboxylic acids is 1. The van der Waals surface area contributed by atoms with Gasteiger partial charge >= 0.3 is 0 Å². The van der Waals surface area contributed by atoms with Crippen LogP contribution in [0.2, 0.25) is 0 Å². The second kappa shape index (κ2) is 7.07. The number of amides is 1. The number of thioether (sulfide) groups is 1. The third-order valence-corrected chi connectivity index (χ3v) is 4.93. The van der Waals surface area contributed by atoms with Gasteiger partial charge in [0.15, 0.2) is 11.5 Å². The number of benzene rings is 2. The quantitative estimate of drug-likeness (QED) is 0.583. The van der Waals surface area contributed by atoms with E-state index >= 15 is 0 Å². The van der Waals surface area contributed by atoms with Crippen molar-refractivity contribution in [3.8, 4) is 11.5 Å². The first kappa shape index (κ1) is 16.5. The van der Waals surface area contributed by atoms with E-state index in [0.29, 0.717) is 16.5 Å². The minimum absolute atomic E-state index is 0.0991. The summed E-state index contributed by atoms with van der Waals surface area (Å²) in [7, 11) is 3.18. The first-order chi connectivity index (χ1) is 11.6. The Morgan fingerprint density at radius 2 is 1.75 bits per heavy atom. The standard InChI is InChI=1S/C18H15NO3S2/c1-21-14-9-8-12(10-15(14)22-2)11-16-17(23)19(18(20)24-16)13-6-4-3-5-7-13/h3-11H,1-2H3. The Labute approximate surface area is 150 Å². The van der Waals surface area contributed by atoms with E-state index in [1.807, 2.05) is 54.6 Å². The molecule has 6 heteroatoms. The SMILES string of the molecule is COc1ccc(C=C2SC(=O)N(c3ccccc3)C2=S)cc1OC. The zero-order chi connectivity index (χ0) is 17.1. The van der Waals surface area contributed by atoms with E-state index in [9.17, 15) is 4.79 Å². The van der Waals surface area contributed by atoms with Gasteiger partial charge in [0.25, 0.3) is 5.24 Å². The Morgan fingerprint density at radius 3 is 2.42 bits per heavy atom. The summed E-state index contributed by atoms with van der Waals surface area (Å²) in [5.41, 5.74) is 1.66. The van der Waals surface area contributed by atoms with Crippen LogP contribution in [0.1, 0.15) is 5.56 Å². The van der Waals surface area contributed by atoms with Gasteiger partial charge in [-0.15, -0.1) is 0 Å². The summed E-state index contributed by atoms with van der Waals surface area (Å²) in [5.74, 6) is 1.29. The Hall–Kier alpha value is -2.31. The molecule has 0 aromatic heterocycles. The summed E-state index contributed by atoms with van der Waals surface area (Å²) < 4.78 is 10.5. The van der Waals surface area contributed by atoms with Crippen LogP contribution in [0, 0.1) is 0 Å². The van der Waals surface area contributed by atoms with Crippen LogP contribution in [0.4, 0.5) is 10.5 Å². The number of anilines is 1. The van der Waals surface area contributed by atoms with Gasteiger partial charge in [-0.25, -0.2) is 0 Å². The van der Waals surface area contributed by atoms with Crippen molar-refractivity contribution in [2.45, 2.75) is 0 Å². The Balaban J connectivity index is 1.92. The number of carbonyl (C=O) groups is 1. The summed E-state index contributed by atoms with van der Waals surface area (Å²) in [4.78, 5) is 15.1. The number of hydrogen-bond acceptors (Lipinski definition) is 5. The van der Waals surface area contributed by atoms with Gasteiger partial charge < -0.3 is 9.47 Å². The van der Waals surface area contributed by atoms with Gasteiger partial charge in [-0.2, -0.15) is 0 Å². The van der Waals surface area contributed by atoms with Crippen molar-refractivity contribution < 1.29 is 14.3 Å².